The molecule has 0 spiro atoms. The number of aryl methyl sites for hydroxylation is 1. The molecule has 186 valence electrons. The standard InChI is InChI=1S/C27H28F3NO4/c1-18-8-4-5-13-23(18)24(31-25(32)27(28,29)30)26(33,16-19-9-6-11-21(14-19)34-2)17-20-10-7-12-22(15-20)35-3/h4-15,24,33H,16-17H2,1-3H3,(H,31,32). The summed E-state index contributed by atoms with van der Waals surface area (Å²) in [6.07, 6.45) is -5.23. The number of aliphatic hydroxyl groups is 1. The van der Waals surface area contributed by atoms with E-state index < -0.39 is 23.7 Å². The van der Waals surface area contributed by atoms with Gasteiger partial charge in [-0.05, 0) is 53.4 Å². The van der Waals surface area contributed by atoms with Gasteiger partial charge in [0.1, 0.15) is 11.5 Å². The molecule has 8 heteroatoms. The highest BCUT2D eigenvalue weighted by atomic mass is 19.4. The van der Waals surface area contributed by atoms with Gasteiger partial charge in [-0.3, -0.25) is 4.79 Å². The molecule has 0 fully saturated rings. The van der Waals surface area contributed by atoms with Crippen LogP contribution in [0, 0.1) is 6.92 Å². The molecule has 1 unspecified atom stereocenters. The molecule has 1 amide bonds. The average molecular weight is 488 g/mol. The van der Waals surface area contributed by atoms with E-state index in [0.717, 1.165) is 0 Å². The number of hydrogen-bond acceptors (Lipinski definition) is 4. The Balaban J connectivity index is 2.15. The van der Waals surface area contributed by atoms with Gasteiger partial charge in [-0.2, -0.15) is 13.2 Å². The first-order valence-corrected chi connectivity index (χ1v) is 11.0. The molecule has 0 heterocycles. The van der Waals surface area contributed by atoms with Gasteiger partial charge in [0.25, 0.3) is 0 Å². The number of hydrogen-bond donors (Lipinski definition) is 2. The Morgan fingerprint density at radius 1 is 0.886 bits per heavy atom. The molecule has 2 N–H and O–H groups in total. The summed E-state index contributed by atoms with van der Waals surface area (Å²) in [6, 6.07) is 19.2. The van der Waals surface area contributed by atoms with Crippen molar-refractivity contribution < 1.29 is 32.5 Å². The highest BCUT2D eigenvalue weighted by Crippen LogP contribution is 2.36. The molecule has 0 saturated heterocycles. The number of nitrogens with one attached hydrogen (secondary N) is 1. The summed E-state index contributed by atoms with van der Waals surface area (Å²) in [5, 5.41) is 14.2. The summed E-state index contributed by atoms with van der Waals surface area (Å²) >= 11 is 0. The van der Waals surface area contributed by atoms with Gasteiger partial charge in [0, 0.05) is 12.8 Å². The lowest BCUT2D eigenvalue weighted by Gasteiger charge is -2.38. The van der Waals surface area contributed by atoms with Crippen LogP contribution in [0.2, 0.25) is 0 Å². The number of carbonyl (C=O) groups is 1. The number of alkyl halides is 3. The number of halogens is 3. The van der Waals surface area contributed by atoms with Crippen molar-refractivity contribution in [3.8, 4) is 11.5 Å². The maximum Gasteiger partial charge on any atom is 0.471 e. The van der Waals surface area contributed by atoms with Crippen LogP contribution in [0.4, 0.5) is 13.2 Å². The second kappa shape index (κ2) is 10.8. The predicted molar refractivity (Wildman–Crippen MR) is 126 cm³/mol. The van der Waals surface area contributed by atoms with Gasteiger partial charge in [-0.15, -0.1) is 0 Å². The maximum absolute atomic E-state index is 13.3. The summed E-state index contributed by atoms with van der Waals surface area (Å²) in [5.74, 6) is -1.04. The fourth-order valence-electron chi connectivity index (χ4n) is 4.16. The van der Waals surface area contributed by atoms with Crippen LogP contribution in [0.1, 0.15) is 28.3 Å². The van der Waals surface area contributed by atoms with Crippen LogP contribution in [-0.4, -0.2) is 37.0 Å². The van der Waals surface area contributed by atoms with Crippen molar-refractivity contribution in [1.29, 1.82) is 0 Å². The minimum absolute atomic E-state index is 0.0570. The first-order valence-electron chi connectivity index (χ1n) is 11.0. The smallest absolute Gasteiger partial charge is 0.471 e. The first-order chi connectivity index (χ1) is 16.6. The van der Waals surface area contributed by atoms with E-state index in [1.807, 2.05) is 0 Å². The molecule has 0 aliphatic rings. The monoisotopic (exact) mass is 487 g/mol. The molecular formula is C27H28F3NO4. The van der Waals surface area contributed by atoms with Crippen molar-refractivity contribution in [1.82, 2.24) is 5.32 Å². The van der Waals surface area contributed by atoms with Gasteiger partial charge in [-0.1, -0.05) is 48.5 Å². The highest BCUT2D eigenvalue weighted by molar-refractivity contribution is 5.82. The molecule has 0 bridgehead atoms. The molecule has 0 aliphatic heterocycles. The third kappa shape index (κ3) is 6.54. The molecule has 0 aliphatic carbocycles. The molecule has 3 aromatic rings. The number of ether oxygens (including phenoxy) is 2. The van der Waals surface area contributed by atoms with Crippen LogP contribution in [0.25, 0.3) is 0 Å². The van der Waals surface area contributed by atoms with Gasteiger partial charge in [0.2, 0.25) is 0 Å². The van der Waals surface area contributed by atoms with Crippen LogP contribution < -0.4 is 14.8 Å². The molecule has 0 radical (unpaired) electrons. The quantitative estimate of drug-likeness (QED) is 0.448. The zero-order chi connectivity index (χ0) is 25.6. The third-order valence-electron chi connectivity index (χ3n) is 5.86. The average Bonchev–Trinajstić information content (AvgIpc) is 2.82. The predicted octanol–water partition coefficient (Wildman–Crippen LogP) is 4.95. The van der Waals surface area contributed by atoms with Crippen LogP contribution in [0.15, 0.2) is 72.8 Å². The van der Waals surface area contributed by atoms with Crippen LogP contribution in [0.5, 0.6) is 11.5 Å². The SMILES string of the molecule is COc1cccc(CC(O)(Cc2cccc(OC)c2)C(NC(=O)C(F)(F)F)c2ccccc2C)c1. The molecule has 5 nitrogen and oxygen atoms in total. The van der Waals surface area contributed by atoms with Crippen molar-refractivity contribution in [2.24, 2.45) is 0 Å². The zero-order valence-corrected chi connectivity index (χ0v) is 19.7. The van der Waals surface area contributed by atoms with Crippen LogP contribution in [-0.2, 0) is 17.6 Å². The highest BCUT2D eigenvalue weighted by Gasteiger charge is 2.46. The van der Waals surface area contributed by atoms with E-state index in [-0.39, 0.29) is 12.8 Å². The summed E-state index contributed by atoms with van der Waals surface area (Å²) in [5.41, 5.74) is 0.448. The van der Waals surface area contributed by atoms with E-state index in [0.29, 0.717) is 33.8 Å². The maximum atomic E-state index is 13.3. The van der Waals surface area contributed by atoms with E-state index in [4.69, 9.17) is 9.47 Å². The fraction of sp³-hybridized carbons (Fsp3) is 0.296. The Kier molecular flexibility index (Phi) is 8.07. The zero-order valence-electron chi connectivity index (χ0n) is 19.7. The van der Waals surface area contributed by atoms with E-state index in [2.05, 4.69) is 5.32 Å². The molecule has 3 aromatic carbocycles. The minimum atomic E-state index is -5.12. The van der Waals surface area contributed by atoms with Gasteiger partial charge in [0.05, 0.1) is 25.9 Å². The molecule has 1 atom stereocenters. The Hall–Kier alpha value is -3.52. The third-order valence-corrected chi connectivity index (χ3v) is 5.86. The summed E-state index contributed by atoms with van der Waals surface area (Å²) in [4.78, 5) is 12.1. The molecule has 0 saturated carbocycles. The Morgan fingerprint density at radius 2 is 1.40 bits per heavy atom. The van der Waals surface area contributed by atoms with Gasteiger partial charge >= 0.3 is 12.1 Å². The van der Waals surface area contributed by atoms with E-state index in [9.17, 15) is 23.1 Å². The Labute approximate surface area is 202 Å². The van der Waals surface area contributed by atoms with Gasteiger partial charge < -0.3 is 19.9 Å². The summed E-state index contributed by atoms with van der Waals surface area (Å²) in [7, 11) is 3.00. The first kappa shape index (κ1) is 26.1. The van der Waals surface area contributed by atoms with Crippen LogP contribution >= 0.6 is 0 Å². The molecule has 35 heavy (non-hydrogen) atoms. The van der Waals surface area contributed by atoms with Gasteiger partial charge in [-0.25, -0.2) is 0 Å². The van der Waals surface area contributed by atoms with Crippen molar-refractivity contribution in [3.05, 3.63) is 95.1 Å². The number of benzene rings is 3. The number of methoxy groups -OCH3 is 2. The second-order valence-electron chi connectivity index (χ2n) is 8.42. The lowest BCUT2D eigenvalue weighted by atomic mass is 9.77. The Morgan fingerprint density at radius 3 is 1.86 bits per heavy atom. The van der Waals surface area contributed by atoms with E-state index in [1.54, 1.807) is 79.7 Å². The van der Waals surface area contributed by atoms with Crippen molar-refractivity contribution in [2.45, 2.75) is 37.6 Å². The van der Waals surface area contributed by atoms with Crippen LogP contribution in [0.3, 0.4) is 0 Å². The topological polar surface area (TPSA) is 67.8 Å². The summed E-state index contributed by atoms with van der Waals surface area (Å²) in [6.45, 7) is 1.72. The molecular weight excluding hydrogens is 459 g/mol. The number of amides is 1. The molecule has 3 rings (SSSR count). The van der Waals surface area contributed by atoms with E-state index >= 15 is 0 Å². The lowest BCUT2D eigenvalue weighted by Crippen LogP contribution is -2.52. The van der Waals surface area contributed by atoms with Crippen molar-refractivity contribution in [2.75, 3.05) is 14.2 Å². The summed E-state index contributed by atoms with van der Waals surface area (Å²) < 4.78 is 50.6. The minimum Gasteiger partial charge on any atom is -0.497 e. The number of rotatable bonds is 9. The number of carbonyl (C=O) groups excluding carboxylic acids is 1. The fourth-order valence-corrected chi connectivity index (χ4v) is 4.16. The Bertz CT molecular complexity index is 1110. The van der Waals surface area contributed by atoms with Crippen molar-refractivity contribution in [3.63, 3.8) is 0 Å². The molecule has 0 aromatic heterocycles. The largest absolute Gasteiger partial charge is 0.497 e. The van der Waals surface area contributed by atoms with E-state index in [1.165, 1.54) is 14.2 Å². The second-order valence-corrected chi connectivity index (χ2v) is 8.42. The van der Waals surface area contributed by atoms with Gasteiger partial charge in [0.15, 0.2) is 0 Å². The lowest BCUT2D eigenvalue weighted by molar-refractivity contribution is -0.176. The normalized spacial score (nSPS) is 12.7. The van der Waals surface area contributed by atoms with Crippen molar-refractivity contribution >= 4 is 5.91 Å².